The Balaban J connectivity index is 2.32. The lowest BCUT2D eigenvalue weighted by Gasteiger charge is -2.34. The van der Waals surface area contributed by atoms with Gasteiger partial charge in [0.2, 0.25) is 10.0 Å². The number of allylic oxidation sites excluding steroid dienone is 2. The van der Waals surface area contributed by atoms with Crippen LogP contribution in [0.15, 0.2) is 42.1 Å². The molecule has 1 aromatic rings. The predicted molar refractivity (Wildman–Crippen MR) is 88.4 cm³/mol. The molecular formula is C17H21NO4S. The number of nitrogens with zero attached hydrogens (tertiary/aromatic N) is 1. The van der Waals surface area contributed by atoms with E-state index in [0.717, 1.165) is 10.6 Å². The standard InChI is InChI=1S/C17H21NO4S/c1-17(2)10-14(9-15(19)11-17)18(23(3,21)22)12-16(20)13-7-5-4-6-8-13/h4-9H,10-12H2,1-3H3. The van der Waals surface area contributed by atoms with Crippen LogP contribution >= 0.6 is 0 Å². The van der Waals surface area contributed by atoms with Crippen molar-refractivity contribution in [2.75, 3.05) is 12.8 Å². The summed E-state index contributed by atoms with van der Waals surface area (Å²) in [7, 11) is -3.65. The summed E-state index contributed by atoms with van der Waals surface area (Å²) >= 11 is 0. The van der Waals surface area contributed by atoms with E-state index in [0.29, 0.717) is 24.1 Å². The molecule has 0 fully saturated rings. The Kier molecular flexibility index (Phi) is 4.75. The summed E-state index contributed by atoms with van der Waals surface area (Å²) in [4.78, 5) is 24.3. The summed E-state index contributed by atoms with van der Waals surface area (Å²) in [6.07, 6.45) is 3.22. The van der Waals surface area contributed by atoms with Crippen LogP contribution < -0.4 is 0 Å². The number of benzene rings is 1. The highest BCUT2D eigenvalue weighted by Gasteiger charge is 2.33. The van der Waals surface area contributed by atoms with Gasteiger partial charge in [-0.3, -0.25) is 13.9 Å². The van der Waals surface area contributed by atoms with E-state index in [1.807, 2.05) is 13.8 Å². The Hall–Kier alpha value is -1.95. The van der Waals surface area contributed by atoms with Crippen molar-refractivity contribution in [3.8, 4) is 0 Å². The van der Waals surface area contributed by atoms with Gasteiger partial charge in [-0.15, -0.1) is 0 Å². The van der Waals surface area contributed by atoms with Gasteiger partial charge in [-0.05, 0) is 11.8 Å². The van der Waals surface area contributed by atoms with Crippen molar-refractivity contribution in [2.45, 2.75) is 26.7 Å². The summed E-state index contributed by atoms with van der Waals surface area (Å²) in [5, 5.41) is 0. The quantitative estimate of drug-likeness (QED) is 0.775. The van der Waals surface area contributed by atoms with E-state index in [1.165, 1.54) is 6.08 Å². The normalized spacial score (nSPS) is 17.5. The molecule has 0 N–H and O–H groups in total. The van der Waals surface area contributed by atoms with E-state index in [9.17, 15) is 18.0 Å². The zero-order chi connectivity index (χ0) is 17.3. The van der Waals surface area contributed by atoms with E-state index in [1.54, 1.807) is 30.3 Å². The van der Waals surface area contributed by atoms with Crippen LogP contribution in [0.4, 0.5) is 0 Å². The minimum absolute atomic E-state index is 0.114. The summed E-state index contributed by atoms with van der Waals surface area (Å²) in [5.74, 6) is -0.412. The van der Waals surface area contributed by atoms with Gasteiger partial charge in [-0.2, -0.15) is 0 Å². The van der Waals surface area contributed by atoms with Crippen molar-refractivity contribution in [1.82, 2.24) is 4.31 Å². The molecule has 0 saturated heterocycles. The fourth-order valence-corrected chi connectivity index (χ4v) is 3.65. The number of ketones is 2. The van der Waals surface area contributed by atoms with Crippen LogP contribution in [0.3, 0.4) is 0 Å². The van der Waals surface area contributed by atoms with Crippen LogP contribution in [0.2, 0.25) is 0 Å². The van der Waals surface area contributed by atoms with Gasteiger partial charge < -0.3 is 0 Å². The number of hydrogen-bond donors (Lipinski definition) is 0. The molecule has 0 saturated carbocycles. The fourth-order valence-electron chi connectivity index (χ4n) is 2.75. The number of Topliss-reactive ketones (excluding diaryl/α,β-unsaturated/α-hetero) is 1. The van der Waals surface area contributed by atoms with Crippen molar-refractivity contribution in [1.29, 1.82) is 0 Å². The monoisotopic (exact) mass is 335 g/mol. The average Bonchev–Trinajstić information content (AvgIpc) is 2.42. The molecule has 0 aliphatic heterocycles. The molecule has 1 aliphatic carbocycles. The van der Waals surface area contributed by atoms with Crippen molar-refractivity contribution in [2.24, 2.45) is 5.41 Å². The zero-order valence-corrected chi connectivity index (χ0v) is 14.4. The SMILES string of the molecule is CC1(C)CC(=O)C=C(N(CC(=O)c2ccccc2)S(C)(=O)=O)C1. The molecule has 0 heterocycles. The van der Waals surface area contributed by atoms with Crippen LogP contribution in [0.1, 0.15) is 37.0 Å². The highest BCUT2D eigenvalue weighted by atomic mass is 32.2. The van der Waals surface area contributed by atoms with Crippen LogP contribution in [-0.2, 0) is 14.8 Å². The van der Waals surface area contributed by atoms with E-state index in [-0.39, 0.29) is 23.5 Å². The number of sulfonamides is 1. The first-order chi connectivity index (χ1) is 10.6. The molecule has 0 radical (unpaired) electrons. The average molecular weight is 335 g/mol. The van der Waals surface area contributed by atoms with Crippen LogP contribution in [0, 0.1) is 5.41 Å². The summed E-state index contributed by atoms with van der Waals surface area (Å²) in [6, 6.07) is 8.53. The smallest absolute Gasteiger partial charge is 0.232 e. The molecule has 124 valence electrons. The Labute approximate surface area is 137 Å². The molecule has 6 heteroatoms. The maximum Gasteiger partial charge on any atom is 0.232 e. The molecule has 0 atom stereocenters. The first kappa shape index (κ1) is 17.4. The van der Waals surface area contributed by atoms with Gasteiger partial charge in [0.1, 0.15) is 0 Å². The molecule has 5 nitrogen and oxygen atoms in total. The lowest BCUT2D eigenvalue weighted by atomic mass is 9.79. The second kappa shape index (κ2) is 6.28. The van der Waals surface area contributed by atoms with Crippen molar-refractivity contribution >= 4 is 21.6 Å². The van der Waals surface area contributed by atoms with Gasteiger partial charge in [-0.25, -0.2) is 8.42 Å². The van der Waals surface area contributed by atoms with Gasteiger partial charge in [0.05, 0.1) is 12.8 Å². The van der Waals surface area contributed by atoms with Crippen molar-refractivity contribution < 1.29 is 18.0 Å². The summed E-state index contributed by atoms with van der Waals surface area (Å²) < 4.78 is 25.3. The van der Waals surface area contributed by atoms with Crippen LogP contribution in [0.25, 0.3) is 0 Å². The minimum atomic E-state index is -3.65. The van der Waals surface area contributed by atoms with E-state index < -0.39 is 10.0 Å². The van der Waals surface area contributed by atoms with E-state index >= 15 is 0 Å². The molecule has 0 unspecified atom stereocenters. The van der Waals surface area contributed by atoms with Gasteiger partial charge in [0.25, 0.3) is 0 Å². The summed E-state index contributed by atoms with van der Waals surface area (Å²) in [6.45, 7) is 3.53. The Morgan fingerprint density at radius 2 is 1.78 bits per heavy atom. The topological polar surface area (TPSA) is 71.5 Å². The first-order valence-electron chi connectivity index (χ1n) is 7.38. The van der Waals surface area contributed by atoms with Gasteiger partial charge in [-0.1, -0.05) is 44.2 Å². The number of carbonyl (C=O) groups is 2. The molecular weight excluding hydrogens is 314 g/mol. The van der Waals surface area contributed by atoms with Gasteiger partial charge in [0.15, 0.2) is 11.6 Å². The Morgan fingerprint density at radius 1 is 1.17 bits per heavy atom. The highest BCUT2D eigenvalue weighted by molar-refractivity contribution is 7.88. The third-order valence-electron chi connectivity index (χ3n) is 3.74. The highest BCUT2D eigenvalue weighted by Crippen LogP contribution is 2.35. The van der Waals surface area contributed by atoms with Gasteiger partial charge in [0, 0.05) is 23.8 Å². The first-order valence-corrected chi connectivity index (χ1v) is 9.23. The summed E-state index contributed by atoms with van der Waals surface area (Å²) in [5.41, 5.74) is 0.515. The van der Waals surface area contributed by atoms with Crippen molar-refractivity contribution in [3.63, 3.8) is 0 Å². The third kappa shape index (κ3) is 4.51. The Morgan fingerprint density at radius 3 is 2.30 bits per heavy atom. The molecule has 0 aromatic heterocycles. The maximum atomic E-state index is 12.4. The third-order valence-corrected chi connectivity index (χ3v) is 4.91. The minimum Gasteiger partial charge on any atom is -0.295 e. The Bertz CT molecular complexity index is 748. The zero-order valence-electron chi connectivity index (χ0n) is 13.6. The lowest BCUT2D eigenvalue weighted by molar-refractivity contribution is -0.117. The lowest BCUT2D eigenvalue weighted by Crippen LogP contribution is -2.38. The number of carbonyl (C=O) groups excluding carboxylic acids is 2. The largest absolute Gasteiger partial charge is 0.295 e. The molecule has 0 bridgehead atoms. The number of rotatable bonds is 5. The molecule has 0 amide bonds. The second-order valence-corrected chi connectivity index (χ2v) is 8.59. The fraction of sp³-hybridized carbons (Fsp3) is 0.412. The van der Waals surface area contributed by atoms with Gasteiger partial charge >= 0.3 is 0 Å². The molecule has 1 aliphatic rings. The van der Waals surface area contributed by atoms with Crippen LogP contribution in [-0.4, -0.2) is 37.1 Å². The molecule has 23 heavy (non-hydrogen) atoms. The molecule has 2 rings (SSSR count). The predicted octanol–water partition coefficient (Wildman–Crippen LogP) is 2.40. The number of hydrogen-bond acceptors (Lipinski definition) is 4. The molecule has 0 spiro atoms. The van der Waals surface area contributed by atoms with Crippen molar-refractivity contribution in [3.05, 3.63) is 47.7 Å². The second-order valence-electron chi connectivity index (χ2n) is 6.68. The molecule has 1 aromatic carbocycles. The van der Waals surface area contributed by atoms with E-state index in [2.05, 4.69) is 0 Å². The van der Waals surface area contributed by atoms with Crippen LogP contribution in [0.5, 0.6) is 0 Å². The maximum absolute atomic E-state index is 12.4. The van der Waals surface area contributed by atoms with E-state index in [4.69, 9.17) is 0 Å².